The zero-order valence-electron chi connectivity index (χ0n) is 12.8. The zero-order valence-corrected chi connectivity index (χ0v) is 14.4. The third kappa shape index (κ3) is 3.61. The lowest BCUT2D eigenvalue weighted by Crippen LogP contribution is -2.49. The summed E-state index contributed by atoms with van der Waals surface area (Å²) in [6.07, 6.45) is 6.14. The van der Waals surface area contributed by atoms with E-state index >= 15 is 0 Å². The van der Waals surface area contributed by atoms with Crippen molar-refractivity contribution in [2.45, 2.75) is 55.6 Å². The standard InChI is InChI=1S/C17H26N2S2/c1-2-16-17(21-9-8-20-16)15(19-18)11-12-6-7-13-4-3-5-14(13)10-12/h6-7,10,15-17,19H,2-5,8-9,11,18H2,1H3. The molecule has 1 aromatic rings. The SMILES string of the molecule is CCC1SCCSC1C(Cc1ccc2c(c1)CCC2)NN. The molecule has 1 aliphatic carbocycles. The van der Waals surface area contributed by atoms with Crippen molar-refractivity contribution in [2.75, 3.05) is 11.5 Å². The number of nitrogens with two attached hydrogens (primary N) is 1. The summed E-state index contributed by atoms with van der Waals surface area (Å²) in [6.45, 7) is 2.31. The molecule has 1 aliphatic heterocycles. The maximum absolute atomic E-state index is 5.91. The number of benzene rings is 1. The van der Waals surface area contributed by atoms with Crippen LogP contribution in [0.15, 0.2) is 18.2 Å². The van der Waals surface area contributed by atoms with E-state index in [1.807, 2.05) is 0 Å². The number of aryl methyl sites for hydroxylation is 2. The largest absolute Gasteiger partial charge is 0.271 e. The summed E-state index contributed by atoms with van der Waals surface area (Å²) in [5.74, 6) is 8.45. The van der Waals surface area contributed by atoms with Gasteiger partial charge in [-0.2, -0.15) is 23.5 Å². The molecular weight excluding hydrogens is 296 g/mol. The Morgan fingerprint density at radius 3 is 2.86 bits per heavy atom. The number of fused-ring (bicyclic) bond motifs is 1. The highest BCUT2D eigenvalue weighted by molar-refractivity contribution is 8.07. The Morgan fingerprint density at radius 2 is 2.05 bits per heavy atom. The predicted molar refractivity (Wildman–Crippen MR) is 96.1 cm³/mol. The molecule has 2 aliphatic rings. The van der Waals surface area contributed by atoms with Crippen molar-refractivity contribution in [2.24, 2.45) is 5.84 Å². The predicted octanol–water partition coefficient (Wildman–Crippen LogP) is 3.18. The molecule has 0 amide bonds. The van der Waals surface area contributed by atoms with Gasteiger partial charge in [0.05, 0.1) is 0 Å². The highest BCUT2D eigenvalue weighted by atomic mass is 32.2. The van der Waals surface area contributed by atoms with Crippen molar-refractivity contribution in [3.05, 3.63) is 34.9 Å². The fourth-order valence-electron chi connectivity index (χ4n) is 3.59. The smallest absolute Gasteiger partial charge is 0.0380 e. The fraction of sp³-hybridized carbons (Fsp3) is 0.647. The summed E-state index contributed by atoms with van der Waals surface area (Å²) in [5.41, 5.74) is 7.70. The van der Waals surface area contributed by atoms with Crippen LogP contribution in [0.3, 0.4) is 0 Å². The third-order valence-electron chi connectivity index (χ3n) is 4.72. The van der Waals surface area contributed by atoms with Crippen LogP contribution in [-0.2, 0) is 19.3 Å². The van der Waals surface area contributed by atoms with Gasteiger partial charge in [-0.25, -0.2) is 0 Å². The van der Waals surface area contributed by atoms with E-state index in [9.17, 15) is 0 Å². The van der Waals surface area contributed by atoms with Gasteiger partial charge < -0.3 is 0 Å². The number of hydrogen-bond donors (Lipinski definition) is 2. The normalized spacial score (nSPS) is 26.6. The summed E-state index contributed by atoms with van der Waals surface area (Å²) in [5, 5.41) is 1.37. The monoisotopic (exact) mass is 322 g/mol. The van der Waals surface area contributed by atoms with Gasteiger partial charge >= 0.3 is 0 Å². The Bertz CT molecular complexity index is 478. The molecule has 0 bridgehead atoms. The van der Waals surface area contributed by atoms with E-state index in [0.29, 0.717) is 11.3 Å². The first-order valence-electron chi connectivity index (χ1n) is 8.12. The molecule has 1 aromatic carbocycles. The molecule has 3 rings (SSSR count). The van der Waals surface area contributed by atoms with Gasteiger partial charge in [-0.1, -0.05) is 25.1 Å². The highest BCUT2D eigenvalue weighted by Gasteiger charge is 2.31. The van der Waals surface area contributed by atoms with E-state index in [-0.39, 0.29) is 0 Å². The van der Waals surface area contributed by atoms with Crippen LogP contribution in [0.5, 0.6) is 0 Å². The summed E-state index contributed by atoms with van der Waals surface area (Å²) in [4.78, 5) is 0. The minimum Gasteiger partial charge on any atom is -0.271 e. The van der Waals surface area contributed by atoms with Crippen molar-refractivity contribution in [3.8, 4) is 0 Å². The molecule has 1 fully saturated rings. The first-order valence-corrected chi connectivity index (χ1v) is 10.2. The van der Waals surface area contributed by atoms with Crippen molar-refractivity contribution in [1.29, 1.82) is 0 Å². The fourth-order valence-corrected chi connectivity index (χ4v) is 6.83. The minimum absolute atomic E-state index is 0.382. The first-order chi connectivity index (χ1) is 10.3. The lowest BCUT2D eigenvalue weighted by molar-refractivity contribution is 0.490. The van der Waals surface area contributed by atoms with E-state index < -0.39 is 0 Å². The summed E-state index contributed by atoms with van der Waals surface area (Å²) in [6, 6.07) is 7.46. The molecule has 1 saturated heterocycles. The van der Waals surface area contributed by atoms with Crippen LogP contribution in [0.1, 0.15) is 36.5 Å². The molecule has 0 aromatic heterocycles. The van der Waals surface area contributed by atoms with Gasteiger partial charge in [0.2, 0.25) is 0 Å². The Kier molecular flexibility index (Phi) is 5.54. The first kappa shape index (κ1) is 15.7. The molecule has 3 unspecified atom stereocenters. The summed E-state index contributed by atoms with van der Waals surface area (Å²) in [7, 11) is 0. The Balaban J connectivity index is 1.71. The lowest BCUT2D eigenvalue weighted by atomic mass is 9.98. The van der Waals surface area contributed by atoms with Crippen molar-refractivity contribution in [1.82, 2.24) is 5.43 Å². The second-order valence-corrected chi connectivity index (χ2v) is 8.72. The molecule has 0 saturated carbocycles. The number of hydrazine groups is 1. The Hall–Kier alpha value is -0.160. The molecule has 1 heterocycles. The van der Waals surface area contributed by atoms with E-state index in [0.717, 1.165) is 11.7 Å². The van der Waals surface area contributed by atoms with Gasteiger partial charge in [-0.05, 0) is 48.8 Å². The van der Waals surface area contributed by atoms with Crippen LogP contribution in [0.2, 0.25) is 0 Å². The van der Waals surface area contributed by atoms with Crippen molar-refractivity contribution >= 4 is 23.5 Å². The Morgan fingerprint density at radius 1 is 1.24 bits per heavy atom. The number of nitrogens with one attached hydrogen (secondary N) is 1. The average molecular weight is 323 g/mol. The maximum atomic E-state index is 5.91. The maximum Gasteiger partial charge on any atom is 0.0380 e. The summed E-state index contributed by atoms with van der Waals surface area (Å²) < 4.78 is 0. The van der Waals surface area contributed by atoms with Crippen LogP contribution in [-0.4, -0.2) is 28.0 Å². The quantitative estimate of drug-likeness (QED) is 0.645. The molecule has 0 spiro atoms. The van der Waals surface area contributed by atoms with Crippen LogP contribution >= 0.6 is 23.5 Å². The number of hydrogen-bond acceptors (Lipinski definition) is 4. The van der Waals surface area contributed by atoms with Crippen LogP contribution in [0, 0.1) is 0 Å². The molecule has 21 heavy (non-hydrogen) atoms. The molecule has 3 atom stereocenters. The zero-order chi connectivity index (χ0) is 14.7. The molecule has 116 valence electrons. The van der Waals surface area contributed by atoms with Gasteiger partial charge in [0.25, 0.3) is 0 Å². The molecular formula is C17H26N2S2. The average Bonchev–Trinajstić information content (AvgIpc) is 3.00. The van der Waals surface area contributed by atoms with Gasteiger partial charge in [-0.3, -0.25) is 11.3 Å². The third-order valence-corrected chi connectivity index (χ3v) is 8.13. The lowest BCUT2D eigenvalue weighted by Gasteiger charge is -2.35. The highest BCUT2D eigenvalue weighted by Crippen LogP contribution is 2.36. The summed E-state index contributed by atoms with van der Waals surface area (Å²) >= 11 is 4.24. The second kappa shape index (κ2) is 7.40. The minimum atomic E-state index is 0.382. The van der Waals surface area contributed by atoms with Crippen LogP contribution in [0.25, 0.3) is 0 Å². The van der Waals surface area contributed by atoms with Gasteiger partial charge in [0, 0.05) is 28.0 Å². The van der Waals surface area contributed by atoms with Crippen molar-refractivity contribution in [3.63, 3.8) is 0 Å². The van der Waals surface area contributed by atoms with E-state index in [1.54, 1.807) is 11.1 Å². The van der Waals surface area contributed by atoms with Gasteiger partial charge in [0.15, 0.2) is 0 Å². The molecule has 4 heteroatoms. The number of rotatable bonds is 5. The van der Waals surface area contributed by atoms with Crippen LogP contribution in [0.4, 0.5) is 0 Å². The van der Waals surface area contributed by atoms with Crippen molar-refractivity contribution < 1.29 is 0 Å². The van der Waals surface area contributed by atoms with E-state index in [1.165, 1.54) is 42.8 Å². The van der Waals surface area contributed by atoms with Gasteiger partial charge in [0.1, 0.15) is 0 Å². The molecule has 0 radical (unpaired) electrons. The second-order valence-electron chi connectivity index (χ2n) is 6.09. The van der Waals surface area contributed by atoms with Gasteiger partial charge in [-0.15, -0.1) is 0 Å². The number of thioether (sulfide) groups is 2. The van der Waals surface area contributed by atoms with E-state index in [4.69, 9.17) is 5.84 Å². The topological polar surface area (TPSA) is 38.0 Å². The van der Waals surface area contributed by atoms with Crippen LogP contribution < -0.4 is 11.3 Å². The van der Waals surface area contributed by atoms with E-state index in [2.05, 4.69) is 54.1 Å². The Labute approximate surface area is 137 Å². The molecule has 3 N–H and O–H groups in total. The molecule has 2 nitrogen and oxygen atoms in total.